The van der Waals surface area contributed by atoms with Crippen molar-refractivity contribution in [2.75, 3.05) is 26.4 Å². The fourth-order valence-electron chi connectivity index (χ4n) is 6.26. The quantitative estimate of drug-likeness (QED) is 0.0968. The van der Waals surface area contributed by atoms with E-state index in [0.29, 0.717) is 0 Å². The number of hydrogen-bond acceptors (Lipinski definition) is 19. The molecule has 0 radical (unpaired) electrons. The second-order valence-electron chi connectivity index (χ2n) is 11.9. The lowest BCUT2D eigenvalue weighted by Crippen LogP contribution is -2.67. The fourth-order valence-corrected chi connectivity index (χ4v) is 6.26. The van der Waals surface area contributed by atoms with Gasteiger partial charge >= 0.3 is 0 Å². The lowest BCUT2D eigenvalue weighted by atomic mass is 9.78. The smallest absolute Gasteiger partial charge is 0.187 e. The van der Waals surface area contributed by atoms with Crippen LogP contribution in [0.1, 0.15) is 6.42 Å². The minimum atomic E-state index is -1.94. The normalized spacial score (nSPS) is 51.2. The van der Waals surface area contributed by atoms with Crippen molar-refractivity contribution in [3.63, 3.8) is 0 Å². The molecule has 4 rings (SSSR count). The molecule has 2 saturated heterocycles. The third-order valence-corrected chi connectivity index (χ3v) is 9.01. The molecule has 0 bridgehead atoms. The molecular weight excluding hydrogens is 614 g/mol. The van der Waals surface area contributed by atoms with Gasteiger partial charge in [0.25, 0.3) is 0 Å². The molecule has 4 aliphatic rings. The van der Waals surface area contributed by atoms with Crippen LogP contribution in [0.3, 0.4) is 0 Å². The summed E-state index contributed by atoms with van der Waals surface area (Å²) in [5.74, 6) is -0.943. The van der Waals surface area contributed by atoms with Crippen molar-refractivity contribution in [2.24, 2.45) is 5.92 Å². The Hall–Kier alpha value is -1.02. The third-order valence-electron chi connectivity index (χ3n) is 9.01. The molecule has 19 nitrogen and oxygen atoms in total. The highest BCUT2D eigenvalue weighted by Gasteiger charge is 2.53. The zero-order valence-corrected chi connectivity index (χ0v) is 24.0. The Kier molecular flexibility index (Phi) is 12.7. The van der Waals surface area contributed by atoms with E-state index in [0.717, 1.165) is 0 Å². The summed E-state index contributed by atoms with van der Waals surface area (Å²) in [7, 11) is 0. The molecule has 15 N–H and O–H groups in total. The van der Waals surface area contributed by atoms with E-state index in [1.54, 1.807) is 0 Å². The summed E-state index contributed by atoms with van der Waals surface area (Å²) < 4.78 is 22.1. The van der Waals surface area contributed by atoms with E-state index in [1.807, 2.05) is 0 Å². The Morgan fingerprint density at radius 1 is 0.600 bits per heavy atom. The highest BCUT2D eigenvalue weighted by Crippen LogP contribution is 2.34. The molecule has 0 aromatic rings. The summed E-state index contributed by atoms with van der Waals surface area (Å²) in [6, 6.07) is -2.08. The van der Waals surface area contributed by atoms with Gasteiger partial charge in [0, 0.05) is 18.6 Å². The van der Waals surface area contributed by atoms with Crippen molar-refractivity contribution < 1.29 is 90.4 Å². The van der Waals surface area contributed by atoms with Crippen molar-refractivity contribution >= 4 is 0 Å². The largest absolute Gasteiger partial charge is 0.396 e. The first-order chi connectivity index (χ1) is 21.3. The summed E-state index contributed by atoms with van der Waals surface area (Å²) in [6.07, 6.45) is -25.5. The molecule has 2 aliphatic heterocycles. The van der Waals surface area contributed by atoms with Gasteiger partial charge in [-0.1, -0.05) is 6.08 Å². The predicted octanol–water partition coefficient (Wildman–Crippen LogP) is -8.93. The molecule has 0 spiro atoms. The van der Waals surface area contributed by atoms with Crippen molar-refractivity contribution in [1.82, 2.24) is 5.32 Å². The van der Waals surface area contributed by atoms with E-state index in [4.69, 9.17) is 18.9 Å². The molecule has 2 heterocycles. The maximum atomic E-state index is 11.0. The second-order valence-corrected chi connectivity index (χ2v) is 11.9. The van der Waals surface area contributed by atoms with Gasteiger partial charge in [-0.05, 0) is 12.0 Å². The maximum Gasteiger partial charge on any atom is 0.187 e. The predicted molar refractivity (Wildman–Crippen MR) is 142 cm³/mol. The molecule has 45 heavy (non-hydrogen) atoms. The van der Waals surface area contributed by atoms with Gasteiger partial charge in [0.05, 0.1) is 38.1 Å². The van der Waals surface area contributed by atoms with Crippen LogP contribution in [0.25, 0.3) is 0 Å². The topological polar surface area (TPSA) is 332 Å². The van der Waals surface area contributed by atoms with E-state index < -0.39 is 142 Å². The van der Waals surface area contributed by atoms with Gasteiger partial charge in [0.1, 0.15) is 73.2 Å². The van der Waals surface area contributed by atoms with Crippen LogP contribution in [-0.2, 0) is 18.9 Å². The average molecular weight is 660 g/mol. The van der Waals surface area contributed by atoms with Crippen molar-refractivity contribution in [3.8, 4) is 0 Å². The van der Waals surface area contributed by atoms with Gasteiger partial charge in [0.15, 0.2) is 12.6 Å². The van der Waals surface area contributed by atoms with Gasteiger partial charge in [-0.15, -0.1) is 0 Å². The highest BCUT2D eigenvalue weighted by molar-refractivity contribution is 5.22. The van der Waals surface area contributed by atoms with Crippen LogP contribution in [0.15, 0.2) is 11.6 Å². The van der Waals surface area contributed by atoms with Gasteiger partial charge in [-0.3, -0.25) is 0 Å². The zero-order valence-electron chi connectivity index (χ0n) is 24.0. The first-order valence-electron chi connectivity index (χ1n) is 14.6. The summed E-state index contributed by atoms with van der Waals surface area (Å²) in [5, 5.41) is 146. The second kappa shape index (κ2) is 15.5. The van der Waals surface area contributed by atoms with E-state index >= 15 is 0 Å². The van der Waals surface area contributed by atoms with E-state index in [2.05, 4.69) is 5.32 Å². The Bertz CT molecular complexity index is 972. The number of aliphatic hydroxyl groups excluding tert-OH is 14. The van der Waals surface area contributed by atoms with Crippen molar-refractivity contribution in [1.29, 1.82) is 0 Å². The standard InChI is InChI=1S/C26H45NO18/c28-3-7-1-9(14(33)17(36)13(7)32)27-10-2-8(4-29)23(19(38)15(10)34)44-26-22(41)20(39)24(12(6-31)43-26)45-25-21(40)18(37)16(35)11(5-30)42-25/h1,8-41H,2-6H2/t8-,9+,10+,11-,12-,13-,14+,15+,16-,17+,18+,19-,20-,21-,22-,23-,24-,25-,26+/m1/s1. The SMILES string of the molecule is OCC1=C[C@H](N[C@H]2C[C@H](CO)[C@@H](O[C@@H]3O[C@H](CO)[C@@H](O[C@H]4O[C@H](CO)[C@@H](O)[C@H](O)[C@H]4O)[C@H](O)[C@H]3O)[C@H](O)[C@H]2O)[C@H](O)[C@@H](O)[C@@H]1O. The lowest BCUT2D eigenvalue weighted by Gasteiger charge is -2.48. The molecule has 262 valence electrons. The lowest BCUT2D eigenvalue weighted by molar-refractivity contribution is -0.368. The number of rotatable bonds is 10. The highest BCUT2D eigenvalue weighted by atomic mass is 16.7. The van der Waals surface area contributed by atoms with Gasteiger partial charge < -0.3 is 95.8 Å². The monoisotopic (exact) mass is 659 g/mol. The Morgan fingerprint density at radius 3 is 1.73 bits per heavy atom. The summed E-state index contributed by atoms with van der Waals surface area (Å²) >= 11 is 0. The molecule has 0 aromatic heterocycles. The number of aliphatic hydroxyl groups is 14. The Balaban J connectivity index is 1.44. The molecule has 1 saturated carbocycles. The maximum absolute atomic E-state index is 11.0. The van der Waals surface area contributed by atoms with E-state index in [9.17, 15) is 71.5 Å². The van der Waals surface area contributed by atoms with Crippen LogP contribution in [0.2, 0.25) is 0 Å². The summed E-state index contributed by atoms with van der Waals surface area (Å²) in [5.41, 5.74) is 0.0188. The Labute approximate surface area is 256 Å². The third kappa shape index (κ3) is 7.37. The first-order valence-corrected chi connectivity index (χ1v) is 14.6. The molecule has 3 fully saturated rings. The molecule has 0 amide bonds. The molecule has 2 aliphatic carbocycles. The van der Waals surface area contributed by atoms with Crippen molar-refractivity contribution in [2.45, 2.75) is 117 Å². The molecular formula is C26H45NO18. The molecule has 0 aromatic carbocycles. The summed E-state index contributed by atoms with van der Waals surface area (Å²) in [4.78, 5) is 0. The molecule has 19 atom stereocenters. The number of nitrogens with one attached hydrogen (secondary N) is 1. The minimum Gasteiger partial charge on any atom is -0.396 e. The van der Waals surface area contributed by atoms with Crippen LogP contribution in [0.4, 0.5) is 0 Å². The zero-order chi connectivity index (χ0) is 33.3. The van der Waals surface area contributed by atoms with Crippen LogP contribution in [0, 0.1) is 5.92 Å². The molecule has 19 heteroatoms. The Morgan fingerprint density at radius 2 is 1.16 bits per heavy atom. The minimum absolute atomic E-state index is 0.0188. The van der Waals surface area contributed by atoms with Crippen LogP contribution < -0.4 is 5.32 Å². The first kappa shape index (κ1) is 36.8. The van der Waals surface area contributed by atoms with Crippen LogP contribution in [0.5, 0.6) is 0 Å². The number of hydrogen-bond donors (Lipinski definition) is 15. The van der Waals surface area contributed by atoms with Gasteiger partial charge in [0.2, 0.25) is 0 Å². The fraction of sp³-hybridized carbons (Fsp3) is 0.923. The average Bonchev–Trinajstić information content (AvgIpc) is 3.03. The van der Waals surface area contributed by atoms with Crippen LogP contribution in [-0.4, -0.2) is 208 Å². The van der Waals surface area contributed by atoms with Gasteiger partial charge in [-0.25, -0.2) is 0 Å². The van der Waals surface area contributed by atoms with E-state index in [-0.39, 0.29) is 12.0 Å². The van der Waals surface area contributed by atoms with Gasteiger partial charge in [-0.2, -0.15) is 0 Å². The number of ether oxygens (including phenoxy) is 4. The van der Waals surface area contributed by atoms with Crippen molar-refractivity contribution in [3.05, 3.63) is 11.6 Å². The van der Waals surface area contributed by atoms with Crippen LogP contribution >= 0.6 is 0 Å². The van der Waals surface area contributed by atoms with E-state index in [1.165, 1.54) is 6.08 Å². The molecule has 0 unspecified atom stereocenters. The summed E-state index contributed by atoms with van der Waals surface area (Å²) in [6.45, 7) is -2.84.